The minimum Gasteiger partial charge on any atom is -0.503 e. The first kappa shape index (κ1) is 26.9. The third kappa shape index (κ3) is 5.81. The number of carbonyl (C=O) groups is 2. The average Bonchev–Trinajstić information content (AvgIpc) is 3.77. The molecule has 2 aromatic heterocycles. The molecule has 10 heteroatoms. The highest BCUT2D eigenvalue weighted by molar-refractivity contribution is 8.00. The zero-order chi connectivity index (χ0) is 28.2. The lowest BCUT2D eigenvalue weighted by atomic mass is 9.95. The normalized spacial score (nSPS) is 15.0. The maximum absolute atomic E-state index is 13.6. The Hall–Kier alpha value is -4.25. The summed E-state index contributed by atoms with van der Waals surface area (Å²) in [6.07, 6.45) is 0. The maximum Gasteiger partial charge on any atom is 0.296 e. The molecular formula is C31H23N3O4S3. The van der Waals surface area contributed by atoms with Crippen LogP contribution >= 0.6 is 34.4 Å². The van der Waals surface area contributed by atoms with Crippen LogP contribution in [0.15, 0.2) is 118 Å². The van der Waals surface area contributed by atoms with E-state index in [4.69, 9.17) is 4.74 Å². The van der Waals surface area contributed by atoms with E-state index in [9.17, 15) is 14.7 Å². The molecule has 5 aromatic rings. The second kappa shape index (κ2) is 12.1. The number of aliphatic hydroxyl groups excluding tert-OH is 1. The van der Waals surface area contributed by atoms with Gasteiger partial charge in [0.1, 0.15) is 12.4 Å². The topological polar surface area (TPSA) is 92.6 Å². The van der Waals surface area contributed by atoms with Gasteiger partial charge < -0.3 is 9.84 Å². The number of hydrogen-bond acceptors (Lipinski definition) is 9. The minimum atomic E-state index is -0.905. The van der Waals surface area contributed by atoms with Crippen LogP contribution in [-0.2, 0) is 17.2 Å². The fourth-order valence-electron chi connectivity index (χ4n) is 4.48. The molecular weight excluding hydrogens is 575 g/mol. The Morgan fingerprint density at radius 1 is 0.927 bits per heavy atom. The number of benzene rings is 3. The summed E-state index contributed by atoms with van der Waals surface area (Å²) >= 11 is 4.01. The molecule has 0 saturated carbocycles. The molecule has 0 fully saturated rings. The van der Waals surface area contributed by atoms with Crippen LogP contribution < -0.4 is 9.64 Å². The molecule has 0 saturated heterocycles. The molecule has 1 aliphatic heterocycles. The number of carbonyl (C=O) groups excluding carboxylic acids is 2. The highest BCUT2D eigenvalue weighted by atomic mass is 32.2. The van der Waals surface area contributed by atoms with Crippen molar-refractivity contribution >= 4 is 51.3 Å². The van der Waals surface area contributed by atoms with E-state index in [1.165, 1.54) is 39.3 Å². The quantitative estimate of drug-likeness (QED) is 0.103. The number of rotatable bonds is 10. The molecule has 41 heavy (non-hydrogen) atoms. The van der Waals surface area contributed by atoms with E-state index in [0.717, 1.165) is 11.1 Å². The Morgan fingerprint density at radius 2 is 1.68 bits per heavy atom. The summed E-state index contributed by atoms with van der Waals surface area (Å²) in [7, 11) is 0. The van der Waals surface area contributed by atoms with Gasteiger partial charge in [0.15, 0.2) is 10.1 Å². The largest absolute Gasteiger partial charge is 0.503 e. The summed E-state index contributed by atoms with van der Waals surface area (Å²) in [6, 6.07) is 29.5. The molecule has 7 nitrogen and oxygen atoms in total. The van der Waals surface area contributed by atoms with E-state index in [2.05, 4.69) is 10.2 Å². The van der Waals surface area contributed by atoms with Crippen molar-refractivity contribution < 1.29 is 19.4 Å². The second-order valence-corrected chi connectivity index (χ2v) is 12.2. The van der Waals surface area contributed by atoms with Crippen molar-refractivity contribution in [3.05, 3.63) is 135 Å². The number of thioether (sulfide) groups is 1. The van der Waals surface area contributed by atoms with Crippen LogP contribution in [0.1, 0.15) is 32.4 Å². The summed E-state index contributed by atoms with van der Waals surface area (Å²) in [4.78, 5) is 28.9. The van der Waals surface area contributed by atoms with Gasteiger partial charge in [-0.3, -0.25) is 14.5 Å². The van der Waals surface area contributed by atoms with Crippen LogP contribution in [0.4, 0.5) is 5.13 Å². The number of ketones is 1. The van der Waals surface area contributed by atoms with Gasteiger partial charge in [0.2, 0.25) is 10.9 Å². The Bertz CT molecular complexity index is 1700. The first-order chi connectivity index (χ1) is 20.1. The van der Waals surface area contributed by atoms with Crippen molar-refractivity contribution in [2.24, 2.45) is 0 Å². The van der Waals surface area contributed by atoms with Crippen LogP contribution in [0.2, 0.25) is 0 Å². The van der Waals surface area contributed by atoms with Gasteiger partial charge in [-0.2, -0.15) is 0 Å². The summed E-state index contributed by atoms with van der Waals surface area (Å²) in [5.41, 5.74) is 2.77. The Kier molecular flexibility index (Phi) is 7.95. The van der Waals surface area contributed by atoms with Crippen LogP contribution in [0, 0.1) is 0 Å². The third-order valence-electron chi connectivity index (χ3n) is 6.43. The van der Waals surface area contributed by atoms with Gasteiger partial charge >= 0.3 is 0 Å². The standard InChI is InChI=1S/C31H23N3O4S3/c35-27(24-15-8-16-39-24)25-26(22-13-7-14-23(17-22)38-18-20-9-3-1-4-10-20)34(29(37)28(25)36)30-32-33-31(41-30)40-19-21-11-5-2-6-12-21/h1-17,26,36H,18-19H2. The Labute approximate surface area is 248 Å². The van der Waals surface area contributed by atoms with E-state index < -0.39 is 23.5 Å². The molecule has 1 amide bonds. The molecule has 204 valence electrons. The summed E-state index contributed by atoms with van der Waals surface area (Å²) in [6.45, 7) is 0.359. The summed E-state index contributed by atoms with van der Waals surface area (Å²) in [5, 5.41) is 21.7. The SMILES string of the molecule is O=C(C1=C(O)C(=O)N(c2nnc(SCc3ccccc3)s2)C1c1cccc(OCc2ccccc2)c1)c1cccs1. The molecule has 1 unspecified atom stereocenters. The Balaban J connectivity index is 1.33. The van der Waals surface area contributed by atoms with E-state index in [1.54, 1.807) is 23.6 Å². The zero-order valence-electron chi connectivity index (χ0n) is 21.5. The molecule has 1 aliphatic rings. The van der Waals surface area contributed by atoms with Crippen LogP contribution in [-0.4, -0.2) is 27.0 Å². The van der Waals surface area contributed by atoms with Gasteiger partial charge in [0.05, 0.1) is 16.5 Å². The van der Waals surface area contributed by atoms with Crippen molar-refractivity contribution in [1.82, 2.24) is 10.2 Å². The predicted molar refractivity (Wildman–Crippen MR) is 162 cm³/mol. The van der Waals surface area contributed by atoms with Crippen LogP contribution in [0.25, 0.3) is 0 Å². The molecule has 0 aliphatic carbocycles. The maximum atomic E-state index is 13.6. The van der Waals surface area contributed by atoms with E-state index >= 15 is 0 Å². The molecule has 1 atom stereocenters. The fraction of sp³-hybridized carbons (Fsp3) is 0.0968. The van der Waals surface area contributed by atoms with Crippen LogP contribution in [0.5, 0.6) is 5.75 Å². The molecule has 3 heterocycles. The number of aliphatic hydroxyl groups is 1. The van der Waals surface area contributed by atoms with Gasteiger partial charge in [-0.1, -0.05) is 102 Å². The summed E-state index contributed by atoms with van der Waals surface area (Å²) < 4.78 is 6.71. The molecule has 3 aromatic carbocycles. The summed E-state index contributed by atoms with van der Waals surface area (Å²) in [5.74, 6) is -0.417. The first-order valence-corrected chi connectivity index (χ1v) is 15.4. The minimum absolute atomic E-state index is 0.00588. The molecule has 0 spiro atoms. The van der Waals surface area contributed by atoms with E-state index in [-0.39, 0.29) is 5.57 Å². The monoisotopic (exact) mass is 597 g/mol. The zero-order valence-corrected chi connectivity index (χ0v) is 24.0. The van der Waals surface area contributed by atoms with Crippen LogP contribution in [0.3, 0.4) is 0 Å². The first-order valence-electron chi connectivity index (χ1n) is 12.7. The lowest BCUT2D eigenvalue weighted by Crippen LogP contribution is -2.31. The highest BCUT2D eigenvalue weighted by Gasteiger charge is 2.46. The van der Waals surface area contributed by atoms with Gasteiger partial charge in [-0.05, 0) is 40.3 Å². The average molecular weight is 598 g/mol. The van der Waals surface area contributed by atoms with Crippen molar-refractivity contribution in [3.8, 4) is 5.75 Å². The van der Waals surface area contributed by atoms with Gasteiger partial charge in [0, 0.05) is 5.75 Å². The van der Waals surface area contributed by atoms with Crippen molar-refractivity contribution in [1.29, 1.82) is 0 Å². The number of nitrogens with zero attached hydrogens (tertiary/aromatic N) is 3. The van der Waals surface area contributed by atoms with E-state index in [1.807, 2.05) is 78.9 Å². The number of ether oxygens (including phenoxy) is 1. The van der Waals surface area contributed by atoms with Gasteiger partial charge in [0.25, 0.3) is 5.91 Å². The number of aromatic nitrogens is 2. The molecule has 0 bridgehead atoms. The van der Waals surface area contributed by atoms with E-state index in [0.29, 0.717) is 38.0 Å². The van der Waals surface area contributed by atoms with Crippen molar-refractivity contribution in [2.45, 2.75) is 22.7 Å². The highest BCUT2D eigenvalue weighted by Crippen LogP contribution is 2.44. The van der Waals surface area contributed by atoms with Crippen molar-refractivity contribution in [2.75, 3.05) is 4.90 Å². The number of amides is 1. The smallest absolute Gasteiger partial charge is 0.296 e. The van der Waals surface area contributed by atoms with Gasteiger partial charge in [-0.25, -0.2) is 0 Å². The number of hydrogen-bond donors (Lipinski definition) is 1. The third-order valence-corrected chi connectivity index (χ3v) is 9.42. The fourth-order valence-corrected chi connectivity index (χ4v) is 6.98. The number of Topliss-reactive ketones (excluding diaryl/α,β-unsaturated/α-hetero) is 1. The molecule has 6 rings (SSSR count). The van der Waals surface area contributed by atoms with Gasteiger partial charge in [-0.15, -0.1) is 21.5 Å². The molecule has 0 radical (unpaired) electrons. The lowest BCUT2D eigenvalue weighted by Gasteiger charge is -2.24. The van der Waals surface area contributed by atoms with Crippen molar-refractivity contribution in [3.63, 3.8) is 0 Å². The lowest BCUT2D eigenvalue weighted by molar-refractivity contribution is -0.117. The second-order valence-electron chi connectivity index (χ2n) is 9.12. The molecule has 1 N–H and O–H groups in total. The number of anilines is 1. The Morgan fingerprint density at radius 3 is 2.41 bits per heavy atom. The predicted octanol–water partition coefficient (Wildman–Crippen LogP) is 7.25. The number of thiophene rings is 1.